The smallest absolute Gasteiger partial charge is 0.337 e. The molecule has 0 saturated carbocycles. The second-order valence-corrected chi connectivity index (χ2v) is 3.81. The first-order valence-electron chi connectivity index (χ1n) is 5.48. The normalized spacial score (nSPS) is 10.7. The number of aromatic carboxylic acids is 1. The Bertz CT molecular complexity index is 606. The molecule has 0 heterocycles. The zero-order valence-electron chi connectivity index (χ0n) is 9.87. The molecule has 0 aliphatic rings. The Balaban J connectivity index is 2.35. The average Bonchev–Trinajstić information content (AvgIpc) is 2.38. The quantitative estimate of drug-likeness (QED) is 0.820. The minimum atomic E-state index is -1.01. The Morgan fingerprint density at radius 1 is 0.944 bits per heavy atom. The highest BCUT2D eigenvalue weighted by molar-refractivity contribution is 5.93. The number of azo groups is 1. The van der Waals surface area contributed by atoms with Gasteiger partial charge in [0.25, 0.3) is 0 Å². The predicted octanol–water partition coefficient (Wildman–Crippen LogP) is 4.11. The number of carbonyl (C=O) groups is 1. The molecule has 0 bridgehead atoms. The van der Waals surface area contributed by atoms with E-state index in [-0.39, 0.29) is 5.56 Å². The van der Waals surface area contributed by atoms with Crippen molar-refractivity contribution in [3.63, 3.8) is 0 Å². The van der Waals surface area contributed by atoms with Crippen molar-refractivity contribution >= 4 is 17.3 Å². The highest BCUT2D eigenvalue weighted by Gasteiger charge is 2.07. The van der Waals surface area contributed by atoms with Gasteiger partial charge in [-0.05, 0) is 30.7 Å². The van der Waals surface area contributed by atoms with Crippen molar-refractivity contribution in [2.75, 3.05) is 0 Å². The second-order valence-electron chi connectivity index (χ2n) is 3.81. The first kappa shape index (κ1) is 12.0. The van der Waals surface area contributed by atoms with Crippen LogP contribution in [-0.2, 0) is 0 Å². The minimum Gasteiger partial charge on any atom is -0.478 e. The van der Waals surface area contributed by atoms with Gasteiger partial charge < -0.3 is 5.11 Å². The van der Waals surface area contributed by atoms with Crippen LogP contribution in [0.4, 0.5) is 11.4 Å². The SMILES string of the molecule is Cc1ccccc1N=Nc1ccccc1C(=O)O. The van der Waals surface area contributed by atoms with Gasteiger partial charge in [0.15, 0.2) is 0 Å². The Morgan fingerprint density at radius 3 is 2.17 bits per heavy atom. The molecule has 18 heavy (non-hydrogen) atoms. The van der Waals surface area contributed by atoms with Crippen LogP contribution in [0.3, 0.4) is 0 Å². The van der Waals surface area contributed by atoms with Crippen LogP contribution in [0, 0.1) is 6.92 Å². The molecule has 0 unspecified atom stereocenters. The van der Waals surface area contributed by atoms with E-state index in [1.807, 2.05) is 31.2 Å². The highest BCUT2D eigenvalue weighted by Crippen LogP contribution is 2.24. The van der Waals surface area contributed by atoms with Crippen molar-refractivity contribution in [3.8, 4) is 0 Å². The van der Waals surface area contributed by atoms with Gasteiger partial charge in [0.05, 0.1) is 11.3 Å². The first-order chi connectivity index (χ1) is 8.68. The van der Waals surface area contributed by atoms with Crippen LogP contribution < -0.4 is 0 Å². The van der Waals surface area contributed by atoms with Crippen LogP contribution in [0.2, 0.25) is 0 Å². The van der Waals surface area contributed by atoms with Crippen LogP contribution in [0.5, 0.6) is 0 Å². The van der Waals surface area contributed by atoms with Gasteiger partial charge in [-0.25, -0.2) is 4.79 Å². The van der Waals surface area contributed by atoms with Gasteiger partial charge in [0.1, 0.15) is 5.69 Å². The molecule has 2 rings (SSSR count). The number of aryl methyl sites for hydroxylation is 1. The number of carboxylic acid groups (broad SMARTS) is 1. The molecule has 90 valence electrons. The molecule has 0 spiro atoms. The zero-order valence-corrected chi connectivity index (χ0v) is 9.87. The molecule has 0 aromatic heterocycles. The summed E-state index contributed by atoms with van der Waals surface area (Å²) in [6.07, 6.45) is 0. The minimum absolute atomic E-state index is 0.148. The maximum Gasteiger partial charge on any atom is 0.337 e. The molecule has 0 aliphatic carbocycles. The first-order valence-corrected chi connectivity index (χ1v) is 5.48. The van der Waals surface area contributed by atoms with E-state index in [4.69, 9.17) is 5.11 Å². The zero-order chi connectivity index (χ0) is 13.0. The highest BCUT2D eigenvalue weighted by atomic mass is 16.4. The summed E-state index contributed by atoms with van der Waals surface area (Å²) in [5.41, 5.74) is 2.23. The van der Waals surface area contributed by atoms with Crippen LogP contribution in [0.15, 0.2) is 58.8 Å². The maximum atomic E-state index is 11.0. The number of nitrogens with zero attached hydrogens (tertiary/aromatic N) is 2. The van der Waals surface area contributed by atoms with E-state index < -0.39 is 5.97 Å². The molecule has 0 atom stereocenters. The van der Waals surface area contributed by atoms with E-state index in [1.165, 1.54) is 6.07 Å². The fourth-order valence-corrected chi connectivity index (χ4v) is 1.53. The Labute approximate surface area is 105 Å². The van der Waals surface area contributed by atoms with Crippen LogP contribution in [-0.4, -0.2) is 11.1 Å². The fourth-order valence-electron chi connectivity index (χ4n) is 1.53. The van der Waals surface area contributed by atoms with E-state index in [9.17, 15) is 4.79 Å². The van der Waals surface area contributed by atoms with Crippen molar-refractivity contribution in [2.24, 2.45) is 10.2 Å². The van der Waals surface area contributed by atoms with Gasteiger partial charge in [-0.2, -0.15) is 5.11 Å². The number of hydrogen-bond donors (Lipinski definition) is 1. The lowest BCUT2D eigenvalue weighted by Gasteiger charge is -2.00. The van der Waals surface area contributed by atoms with E-state index in [0.717, 1.165) is 11.3 Å². The molecule has 0 fully saturated rings. The average molecular weight is 240 g/mol. The van der Waals surface area contributed by atoms with E-state index in [2.05, 4.69) is 10.2 Å². The lowest BCUT2D eigenvalue weighted by Crippen LogP contribution is -1.95. The topological polar surface area (TPSA) is 62.0 Å². The third kappa shape index (κ3) is 2.60. The van der Waals surface area contributed by atoms with Crippen molar-refractivity contribution in [3.05, 3.63) is 59.7 Å². The van der Waals surface area contributed by atoms with Gasteiger partial charge >= 0.3 is 5.97 Å². The number of benzene rings is 2. The van der Waals surface area contributed by atoms with Gasteiger partial charge in [-0.3, -0.25) is 0 Å². The summed E-state index contributed by atoms with van der Waals surface area (Å²) in [6.45, 7) is 1.93. The molecule has 0 amide bonds. The predicted molar refractivity (Wildman–Crippen MR) is 68.8 cm³/mol. The summed E-state index contributed by atoms with van der Waals surface area (Å²) in [5, 5.41) is 17.1. The summed E-state index contributed by atoms with van der Waals surface area (Å²) in [5.74, 6) is -1.01. The molecule has 0 aliphatic heterocycles. The van der Waals surface area contributed by atoms with Crippen molar-refractivity contribution in [1.82, 2.24) is 0 Å². The molecule has 0 saturated heterocycles. The van der Waals surface area contributed by atoms with Crippen LogP contribution in [0.25, 0.3) is 0 Å². The Kier molecular flexibility index (Phi) is 3.48. The molecular formula is C14H12N2O2. The summed E-state index contributed by atoms with van der Waals surface area (Å²) < 4.78 is 0. The number of rotatable bonds is 3. The third-order valence-corrected chi connectivity index (χ3v) is 2.52. The lowest BCUT2D eigenvalue weighted by atomic mass is 10.2. The van der Waals surface area contributed by atoms with Gasteiger partial charge in [-0.15, -0.1) is 5.11 Å². The van der Waals surface area contributed by atoms with Crippen molar-refractivity contribution in [2.45, 2.75) is 6.92 Å². The number of hydrogen-bond acceptors (Lipinski definition) is 3. The molecular weight excluding hydrogens is 228 g/mol. The third-order valence-electron chi connectivity index (χ3n) is 2.52. The van der Waals surface area contributed by atoms with Gasteiger partial charge in [0.2, 0.25) is 0 Å². The summed E-state index contributed by atoms with van der Waals surface area (Å²) in [6, 6.07) is 14.1. The van der Waals surface area contributed by atoms with Crippen molar-refractivity contribution in [1.29, 1.82) is 0 Å². The van der Waals surface area contributed by atoms with Gasteiger partial charge in [-0.1, -0.05) is 30.3 Å². The maximum absolute atomic E-state index is 11.0. The van der Waals surface area contributed by atoms with E-state index >= 15 is 0 Å². The van der Waals surface area contributed by atoms with Gasteiger partial charge in [0, 0.05) is 0 Å². The Morgan fingerprint density at radius 2 is 1.50 bits per heavy atom. The molecule has 2 aromatic rings. The second kappa shape index (κ2) is 5.23. The molecule has 0 radical (unpaired) electrons. The lowest BCUT2D eigenvalue weighted by molar-refractivity contribution is 0.0698. The fraction of sp³-hybridized carbons (Fsp3) is 0.0714. The molecule has 2 aromatic carbocycles. The van der Waals surface area contributed by atoms with E-state index in [1.54, 1.807) is 18.2 Å². The molecule has 1 N–H and O–H groups in total. The summed E-state index contributed by atoms with van der Waals surface area (Å²) >= 11 is 0. The number of carboxylic acids is 1. The Hall–Kier alpha value is -2.49. The molecule has 4 nitrogen and oxygen atoms in total. The van der Waals surface area contributed by atoms with Crippen LogP contribution in [0.1, 0.15) is 15.9 Å². The standard InChI is InChI=1S/C14H12N2O2/c1-10-6-2-4-8-12(10)15-16-13-9-5-3-7-11(13)14(17)18/h2-9H,1H3,(H,17,18). The summed E-state index contributed by atoms with van der Waals surface area (Å²) in [7, 11) is 0. The monoisotopic (exact) mass is 240 g/mol. The summed E-state index contributed by atoms with van der Waals surface area (Å²) in [4.78, 5) is 11.0. The largest absolute Gasteiger partial charge is 0.478 e. The van der Waals surface area contributed by atoms with Crippen LogP contribution >= 0.6 is 0 Å². The van der Waals surface area contributed by atoms with Crippen molar-refractivity contribution < 1.29 is 9.90 Å². The van der Waals surface area contributed by atoms with E-state index in [0.29, 0.717) is 5.69 Å². The molecule has 4 heteroatoms.